The molecule has 5 aromatic rings. The summed E-state index contributed by atoms with van der Waals surface area (Å²) >= 11 is 0. The second kappa shape index (κ2) is 56.5. The number of carbonyl (C=O) groups is 4. The second-order valence-corrected chi connectivity index (χ2v) is 30.8. The van der Waals surface area contributed by atoms with Crippen LogP contribution < -0.4 is 16.0 Å². The van der Waals surface area contributed by atoms with Crippen molar-refractivity contribution in [2.24, 2.45) is 0 Å². The average molecular weight is 1460 g/mol. The maximum Gasteiger partial charge on any atom is 0.475 e. The molecule has 0 unspecified atom stereocenters. The molecule has 0 spiro atoms. The molecule has 3 amide bonds. The molecule has 19 heteroatoms. The molecule has 0 aromatic heterocycles. The molecule has 572 valence electrons. The summed E-state index contributed by atoms with van der Waals surface area (Å²) in [7, 11) is -8.61. The Bertz CT molecular complexity index is 2950. The van der Waals surface area contributed by atoms with E-state index in [1.54, 1.807) is 0 Å². The van der Waals surface area contributed by atoms with Gasteiger partial charge in [-0.1, -0.05) is 333 Å². The summed E-state index contributed by atoms with van der Waals surface area (Å²) < 4.78 is 78.0. The third-order valence-corrected chi connectivity index (χ3v) is 21.0. The zero-order valence-electron chi connectivity index (χ0n) is 62.8. The Balaban J connectivity index is 1.35. The van der Waals surface area contributed by atoms with Crippen molar-refractivity contribution in [1.29, 1.82) is 0 Å². The van der Waals surface area contributed by atoms with Gasteiger partial charge < -0.3 is 25.4 Å². The van der Waals surface area contributed by atoms with Crippen LogP contribution in [0.4, 0.5) is 0 Å². The summed E-state index contributed by atoms with van der Waals surface area (Å²) in [5, 5.41) is 9.10. The molecule has 0 aliphatic carbocycles. The lowest BCUT2D eigenvalue weighted by Crippen LogP contribution is -2.48. The van der Waals surface area contributed by atoms with Crippen LogP contribution in [0.15, 0.2) is 152 Å². The highest BCUT2D eigenvalue weighted by molar-refractivity contribution is 7.48. The number of ether oxygens (including phenoxy) is 2. The minimum Gasteiger partial charge on any atom is -0.462 e. The Morgan fingerprint density at radius 1 is 0.359 bits per heavy atom. The zero-order chi connectivity index (χ0) is 73.4. The fraction of sp³-hybridized carbons (Fsp3) is 0.595. The number of phosphoric acid groups is 2. The number of hydrogen-bond donors (Lipinski definition) is 3. The van der Waals surface area contributed by atoms with E-state index in [1.807, 2.05) is 152 Å². The van der Waals surface area contributed by atoms with Gasteiger partial charge in [0.1, 0.15) is 12.1 Å². The van der Waals surface area contributed by atoms with E-state index in [-0.39, 0.29) is 96.6 Å². The minimum absolute atomic E-state index is 0.0628. The second-order valence-electron chi connectivity index (χ2n) is 27.4. The predicted molar refractivity (Wildman–Crippen MR) is 412 cm³/mol. The molecule has 0 saturated carbocycles. The van der Waals surface area contributed by atoms with Gasteiger partial charge in [-0.05, 0) is 66.3 Å². The Morgan fingerprint density at radius 2 is 0.709 bits per heavy atom. The molecule has 17 nitrogen and oxygen atoms in total. The van der Waals surface area contributed by atoms with Crippen molar-refractivity contribution in [2.75, 3.05) is 19.8 Å². The molecule has 0 radical (unpaired) electrons. The molecular weight excluding hydrogens is 1340 g/mol. The number of benzene rings is 5. The van der Waals surface area contributed by atoms with Gasteiger partial charge in [0.15, 0.2) is 0 Å². The van der Waals surface area contributed by atoms with Crippen LogP contribution in [0, 0.1) is 0 Å². The van der Waals surface area contributed by atoms with Crippen LogP contribution in [0.25, 0.3) is 0 Å². The highest BCUT2D eigenvalue weighted by Gasteiger charge is 2.32. The lowest BCUT2D eigenvalue weighted by molar-refractivity contribution is -0.151. The molecule has 4 atom stereocenters. The SMILES string of the molecule is CCCCCCCCCCCC(=O)O[C@H](CCCCCCCCCCC)CC(=O)N[C@@H](CCOP(=O)(OCc1ccccc1)OCc1ccccc1)C(=O)NCCC[C@H](COP(=O)(OCc1ccccc1)OCc1ccccc1)NC(=O)C[C@H](CCCCCCCCCCC)OCc1ccccc1. The number of amides is 3. The Kier molecular flexibility index (Phi) is 48.1. The molecule has 0 aliphatic rings. The van der Waals surface area contributed by atoms with E-state index in [4.69, 9.17) is 36.6 Å². The molecule has 5 aromatic carbocycles. The van der Waals surface area contributed by atoms with Crippen LogP contribution >= 0.6 is 15.6 Å². The summed E-state index contributed by atoms with van der Waals surface area (Å²) in [6.07, 6.45) is 31.0. The number of esters is 1. The molecule has 103 heavy (non-hydrogen) atoms. The normalized spacial score (nSPS) is 12.9. The molecule has 0 saturated heterocycles. The number of hydrogen-bond acceptors (Lipinski definition) is 14. The standard InChI is InChI=1S/C84H127N3O14P2/c1-4-7-10-13-16-19-22-25-43-58-78(94-66-72-47-33-28-34-48-72)64-81(88)86-77(71-100-103(93,98-69-75-53-39-31-40-54-75)99-70-76-55-41-32-42-56-76)57-46-62-85-84(91)80(61-63-95-102(92,96-67-73-49-35-29-36-50-73)97-68-74-51-37-30-38-52-74)87-82(89)65-79(59-44-26-23-20-17-14-11-8-5-2)101-83(90)60-45-27-24-21-18-15-12-9-6-3/h28-42,47-56,77-80H,4-27,43-46,57-71H2,1-3H3,(H,85,91)(H,86,88)(H,87,89)/t77-,78+,79-,80+/m1/s1. The fourth-order valence-corrected chi connectivity index (χ4v) is 14.5. The first kappa shape index (κ1) is 87.8. The molecule has 0 aliphatic heterocycles. The molecule has 3 N–H and O–H groups in total. The van der Waals surface area contributed by atoms with E-state index in [9.17, 15) is 28.3 Å². The van der Waals surface area contributed by atoms with Gasteiger partial charge in [-0.3, -0.25) is 46.3 Å². The van der Waals surface area contributed by atoms with Crippen LogP contribution in [0.3, 0.4) is 0 Å². The smallest absolute Gasteiger partial charge is 0.462 e. The van der Waals surface area contributed by atoms with Crippen LogP contribution in [0.1, 0.15) is 273 Å². The first-order chi connectivity index (χ1) is 50.4. The lowest BCUT2D eigenvalue weighted by atomic mass is 10.0. The Morgan fingerprint density at radius 3 is 1.13 bits per heavy atom. The molecule has 0 fully saturated rings. The highest BCUT2D eigenvalue weighted by atomic mass is 31.2. The molecule has 0 bridgehead atoms. The predicted octanol–water partition coefficient (Wildman–Crippen LogP) is 21.4. The fourth-order valence-electron chi connectivity index (χ4n) is 12.1. The van der Waals surface area contributed by atoms with Crippen molar-refractivity contribution >= 4 is 39.3 Å². The van der Waals surface area contributed by atoms with Gasteiger partial charge in [0.05, 0.1) is 71.2 Å². The maximum atomic E-state index is 14.7. The average Bonchev–Trinajstić information content (AvgIpc) is 0.877. The van der Waals surface area contributed by atoms with Crippen molar-refractivity contribution in [3.63, 3.8) is 0 Å². The van der Waals surface area contributed by atoms with Crippen LogP contribution in [0.5, 0.6) is 0 Å². The first-order valence-corrected chi connectivity index (χ1v) is 42.2. The number of rotatable bonds is 64. The van der Waals surface area contributed by atoms with E-state index in [1.165, 1.54) is 103 Å². The van der Waals surface area contributed by atoms with E-state index in [2.05, 4.69) is 36.7 Å². The van der Waals surface area contributed by atoms with Gasteiger partial charge >= 0.3 is 21.6 Å². The maximum absolute atomic E-state index is 14.7. The van der Waals surface area contributed by atoms with E-state index < -0.39 is 51.8 Å². The van der Waals surface area contributed by atoms with Crippen LogP contribution in [0.2, 0.25) is 0 Å². The number of nitrogens with one attached hydrogen (secondary N) is 3. The quantitative estimate of drug-likeness (QED) is 0.0188. The monoisotopic (exact) mass is 1460 g/mol. The summed E-state index contributed by atoms with van der Waals surface area (Å²) in [6, 6.07) is 44.9. The van der Waals surface area contributed by atoms with E-state index >= 15 is 0 Å². The van der Waals surface area contributed by atoms with E-state index in [0.29, 0.717) is 25.9 Å². The van der Waals surface area contributed by atoms with Crippen molar-refractivity contribution in [3.8, 4) is 0 Å². The van der Waals surface area contributed by atoms with Gasteiger partial charge in [0, 0.05) is 19.4 Å². The highest BCUT2D eigenvalue weighted by Crippen LogP contribution is 2.52. The summed E-state index contributed by atoms with van der Waals surface area (Å²) in [5.74, 6) is -1.69. The number of phosphoric ester groups is 2. The summed E-state index contributed by atoms with van der Waals surface area (Å²) in [4.78, 5) is 57.1. The summed E-state index contributed by atoms with van der Waals surface area (Å²) in [5.41, 5.74) is 3.98. The number of unbranched alkanes of at least 4 members (excludes halogenated alkanes) is 24. The van der Waals surface area contributed by atoms with Gasteiger partial charge in [-0.15, -0.1) is 0 Å². The van der Waals surface area contributed by atoms with Gasteiger partial charge in [-0.2, -0.15) is 0 Å². The topological polar surface area (TPSA) is 212 Å². The molecular formula is C84H127N3O14P2. The van der Waals surface area contributed by atoms with Crippen molar-refractivity contribution in [3.05, 3.63) is 179 Å². The van der Waals surface area contributed by atoms with Crippen molar-refractivity contribution < 1.29 is 64.9 Å². The number of carbonyl (C=O) groups excluding carboxylic acids is 4. The summed E-state index contributed by atoms with van der Waals surface area (Å²) in [6.45, 7) is 6.17. The van der Waals surface area contributed by atoms with E-state index in [0.717, 1.165) is 92.0 Å². The van der Waals surface area contributed by atoms with Crippen LogP contribution in [-0.2, 0) is 98.0 Å². The zero-order valence-corrected chi connectivity index (χ0v) is 64.5. The van der Waals surface area contributed by atoms with Crippen LogP contribution in [-0.4, -0.2) is 67.7 Å². The lowest BCUT2D eigenvalue weighted by Gasteiger charge is -2.25. The Hall–Kier alpha value is -5.84. The first-order valence-electron chi connectivity index (χ1n) is 39.3. The third-order valence-electron chi connectivity index (χ3n) is 18.3. The van der Waals surface area contributed by atoms with Gasteiger partial charge in [0.25, 0.3) is 0 Å². The largest absolute Gasteiger partial charge is 0.475 e. The third kappa shape index (κ3) is 43.4. The Labute approximate surface area is 619 Å². The van der Waals surface area contributed by atoms with Crippen molar-refractivity contribution in [2.45, 2.75) is 303 Å². The van der Waals surface area contributed by atoms with Gasteiger partial charge in [0.2, 0.25) is 17.7 Å². The molecule has 5 rings (SSSR count). The minimum atomic E-state index is -4.31. The van der Waals surface area contributed by atoms with Crippen molar-refractivity contribution in [1.82, 2.24) is 16.0 Å². The molecule has 0 heterocycles. The van der Waals surface area contributed by atoms with Gasteiger partial charge in [-0.25, -0.2) is 9.13 Å².